The third kappa shape index (κ3) is 4.33. The van der Waals surface area contributed by atoms with Crippen LogP contribution in [0.25, 0.3) is 0 Å². The minimum absolute atomic E-state index is 0.281. The zero-order chi connectivity index (χ0) is 13.3. The van der Waals surface area contributed by atoms with Crippen LogP contribution in [0.4, 0.5) is 13.2 Å². The number of rotatable bonds is 3. The van der Waals surface area contributed by atoms with Gasteiger partial charge in [-0.1, -0.05) is 6.07 Å². The van der Waals surface area contributed by atoms with E-state index in [9.17, 15) is 21.6 Å². The predicted molar refractivity (Wildman–Crippen MR) is 54.1 cm³/mol. The van der Waals surface area contributed by atoms with Gasteiger partial charge in [-0.15, -0.1) is 0 Å². The Bertz CT molecular complexity index is 511. The van der Waals surface area contributed by atoms with E-state index < -0.39 is 22.0 Å². The fourth-order valence-electron chi connectivity index (χ4n) is 1.18. The van der Waals surface area contributed by atoms with Crippen molar-refractivity contribution in [1.29, 1.82) is 0 Å². The molecule has 0 saturated heterocycles. The van der Waals surface area contributed by atoms with Crippen molar-refractivity contribution in [2.24, 2.45) is 5.14 Å². The summed E-state index contributed by atoms with van der Waals surface area (Å²) in [4.78, 5) is 0. The largest absolute Gasteiger partial charge is 0.416 e. The van der Waals surface area contributed by atoms with Crippen LogP contribution in [0.1, 0.15) is 16.7 Å². The lowest BCUT2D eigenvalue weighted by Crippen LogP contribution is -2.16. The molecule has 4 nitrogen and oxygen atoms in total. The molecular weight excluding hydrogens is 259 g/mol. The lowest BCUT2D eigenvalue weighted by Gasteiger charge is -2.10. The van der Waals surface area contributed by atoms with Gasteiger partial charge in [-0.3, -0.25) is 4.18 Å². The van der Waals surface area contributed by atoms with Crippen LogP contribution in [0.2, 0.25) is 0 Å². The van der Waals surface area contributed by atoms with Crippen LogP contribution in [0.5, 0.6) is 0 Å². The van der Waals surface area contributed by atoms with E-state index in [1.54, 1.807) is 0 Å². The van der Waals surface area contributed by atoms with Crippen LogP contribution < -0.4 is 5.14 Å². The van der Waals surface area contributed by atoms with E-state index in [0.717, 1.165) is 18.2 Å². The standard InChI is InChI=1S/C9H10F3NO3S/c1-6-4-8(9(10,11)12)3-2-7(6)5-16-17(13,14)15/h2-4H,5H2,1H3,(H2,13,14,15). The van der Waals surface area contributed by atoms with Crippen molar-refractivity contribution in [2.45, 2.75) is 19.7 Å². The summed E-state index contributed by atoms with van der Waals surface area (Å²) in [6, 6.07) is 2.93. The molecule has 0 heterocycles. The second-order valence-electron chi connectivity index (χ2n) is 3.39. The van der Waals surface area contributed by atoms with Crippen molar-refractivity contribution in [3.05, 3.63) is 34.9 Å². The molecule has 1 rings (SSSR count). The van der Waals surface area contributed by atoms with Gasteiger partial charge in [0, 0.05) is 0 Å². The second-order valence-corrected chi connectivity index (χ2v) is 4.62. The molecule has 0 amide bonds. The predicted octanol–water partition coefficient (Wildman–Crippen LogP) is 1.73. The average molecular weight is 269 g/mol. The Balaban J connectivity index is 2.91. The number of benzene rings is 1. The second kappa shape index (κ2) is 4.63. The molecule has 0 aromatic heterocycles. The molecule has 0 aliphatic rings. The topological polar surface area (TPSA) is 69.4 Å². The highest BCUT2D eigenvalue weighted by atomic mass is 32.2. The van der Waals surface area contributed by atoms with E-state index >= 15 is 0 Å². The maximum absolute atomic E-state index is 12.3. The van der Waals surface area contributed by atoms with E-state index in [-0.39, 0.29) is 12.2 Å². The summed E-state index contributed by atoms with van der Waals surface area (Å²) in [6.07, 6.45) is -4.43. The van der Waals surface area contributed by atoms with Gasteiger partial charge in [-0.25, -0.2) is 5.14 Å². The van der Waals surface area contributed by atoms with Gasteiger partial charge in [-0.2, -0.15) is 21.6 Å². The first kappa shape index (κ1) is 13.9. The summed E-state index contributed by atoms with van der Waals surface area (Å²) < 4.78 is 62.3. The summed E-state index contributed by atoms with van der Waals surface area (Å²) in [5, 5.41) is 4.60. The van der Waals surface area contributed by atoms with Gasteiger partial charge in [0.1, 0.15) is 0 Å². The lowest BCUT2D eigenvalue weighted by molar-refractivity contribution is -0.137. The van der Waals surface area contributed by atoms with Crippen molar-refractivity contribution < 1.29 is 25.8 Å². The maximum atomic E-state index is 12.3. The van der Waals surface area contributed by atoms with Gasteiger partial charge in [0.2, 0.25) is 0 Å². The Kier molecular flexibility index (Phi) is 3.80. The van der Waals surface area contributed by atoms with Gasteiger partial charge in [0.15, 0.2) is 0 Å². The molecule has 96 valence electrons. The Morgan fingerprint density at radius 2 is 1.94 bits per heavy atom. The highest BCUT2D eigenvalue weighted by Gasteiger charge is 2.30. The molecule has 0 aliphatic carbocycles. The zero-order valence-electron chi connectivity index (χ0n) is 8.78. The maximum Gasteiger partial charge on any atom is 0.416 e. The van der Waals surface area contributed by atoms with Gasteiger partial charge < -0.3 is 0 Å². The van der Waals surface area contributed by atoms with E-state index in [0.29, 0.717) is 5.56 Å². The van der Waals surface area contributed by atoms with Gasteiger partial charge in [0.05, 0.1) is 12.2 Å². The van der Waals surface area contributed by atoms with Crippen molar-refractivity contribution in [3.63, 3.8) is 0 Å². The molecular formula is C9H10F3NO3S. The summed E-state index contributed by atoms with van der Waals surface area (Å²) >= 11 is 0. The molecule has 1 aromatic rings. The van der Waals surface area contributed by atoms with Gasteiger partial charge in [-0.05, 0) is 30.2 Å². The third-order valence-corrected chi connectivity index (χ3v) is 2.49. The summed E-state index contributed by atoms with van der Waals surface area (Å²) in [6.45, 7) is 1.04. The first-order valence-electron chi connectivity index (χ1n) is 4.43. The number of hydrogen-bond donors (Lipinski definition) is 1. The van der Waals surface area contributed by atoms with Crippen molar-refractivity contribution >= 4 is 10.3 Å². The van der Waals surface area contributed by atoms with Crippen LogP contribution in [0, 0.1) is 6.92 Å². The van der Waals surface area contributed by atoms with E-state index in [1.807, 2.05) is 0 Å². The zero-order valence-corrected chi connectivity index (χ0v) is 9.60. The monoisotopic (exact) mass is 269 g/mol. The quantitative estimate of drug-likeness (QED) is 0.908. The number of halogens is 3. The Labute approximate surface area is 96.4 Å². The lowest BCUT2D eigenvalue weighted by atomic mass is 10.1. The minimum atomic E-state index is -4.43. The molecule has 0 saturated carbocycles. The smallest absolute Gasteiger partial charge is 0.253 e. The SMILES string of the molecule is Cc1cc(C(F)(F)F)ccc1COS(N)(=O)=O. The minimum Gasteiger partial charge on any atom is -0.253 e. The van der Waals surface area contributed by atoms with Crippen LogP contribution in [0.3, 0.4) is 0 Å². The van der Waals surface area contributed by atoms with E-state index in [2.05, 4.69) is 9.32 Å². The van der Waals surface area contributed by atoms with Crippen LogP contribution >= 0.6 is 0 Å². The number of aryl methyl sites for hydroxylation is 1. The fraction of sp³-hybridized carbons (Fsp3) is 0.333. The van der Waals surface area contributed by atoms with Gasteiger partial charge >= 0.3 is 16.5 Å². The molecule has 1 aromatic carbocycles. The first-order valence-corrected chi connectivity index (χ1v) is 5.90. The molecule has 8 heteroatoms. The Morgan fingerprint density at radius 1 is 1.35 bits per heavy atom. The van der Waals surface area contributed by atoms with Crippen LogP contribution in [0.15, 0.2) is 18.2 Å². The highest BCUT2D eigenvalue weighted by molar-refractivity contribution is 7.84. The van der Waals surface area contributed by atoms with Crippen molar-refractivity contribution in [2.75, 3.05) is 0 Å². The summed E-state index contributed by atoms with van der Waals surface area (Å²) in [5.74, 6) is 0. The molecule has 0 spiro atoms. The molecule has 0 fully saturated rings. The molecule has 0 unspecified atom stereocenters. The molecule has 0 bridgehead atoms. The number of nitrogens with two attached hydrogens (primary N) is 1. The highest BCUT2D eigenvalue weighted by Crippen LogP contribution is 2.30. The summed E-state index contributed by atoms with van der Waals surface area (Å²) in [5.41, 5.74) is -0.190. The van der Waals surface area contributed by atoms with Crippen LogP contribution in [-0.4, -0.2) is 8.42 Å². The Morgan fingerprint density at radius 3 is 2.35 bits per heavy atom. The number of hydrogen-bond acceptors (Lipinski definition) is 3. The van der Waals surface area contributed by atoms with E-state index in [1.165, 1.54) is 6.92 Å². The molecule has 0 aliphatic heterocycles. The summed E-state index contributed by atoms with van der Waals surface area (Å²) in [7, 11) is -4.10. The average Bonchev–Trinajstić information content (AvgIpc) is 2.12. The van der Waals surface area contributed by atoms with Crippen molar-refractivity contribution in [1.82, 2.24) is 0 Å². The molecule has 0 atom stereocenters. The van der Waals surface area contributed by atoms with Gasteiger partial charge in [0.25, 0.3) is 0 Å². The number of alkyl halides is 3. The van der Waals surface area contributed by atoms with Crippen LogP contribution in [-0.2, 0) is 27.3 Å². The Hall–Kier alpha value is -1.12. The van der Waals surface area contributed by atoms with Crippen molar-refractivity contribution in [3.8, 4) is 0 Å². The van der Waals surface area contributed by atoms with E-state index in [4.69, 9.17) is 0 Å². The molecule has 17 heavy (non-hydrogen) atoms. The molecule has 0 radical (unpaired) electrons. The first-order chi connectivity index (χ1) is 7.59. The molecule has 2 N–H and O–H groups in total. The fourth-order valence-corrected chi connectivity index (χ4v) is 1.47. The normalized spacial score (nSPS) is 12.8. The third-order valence-electron chi connectivity index (χ3n) is 2.05.